The van der Waals surface area contributed by atoms with Crippen LogP contribution in [0.15, 0.2) is 23.1 Å². The SMILES string of the molecule is COc1ccc(S(=O)(=O)N2CC(C)C(N)C2)cc1C(N)=O. The molecule has 2 rings (SSSR count). The molecule has 1 amide bonds. The minimum Gasteiger partial charge on any atom is -0.496 e. The fourth-order valence-electron chi connectivity index (χ4n) is 2.33. The van der Waals surface area contributed by atoms with E-state index in [-0.39, 0.29) is 34.7 Å². The number of hydrogen-bond acceptors (Lipinski definition) is 5. The quantitative estimate of drug-likeness (QED) is 0.796. The molecule has 7 nitrogen and oxygen atoms in total. The van der Waals surface area contributed by atoms with Crippen LogP contribution in [-0.4, -0.2) is 44.9 Å². The molecule has 2 atom stereocenters. The molecular formula is C13H19N3O4S. The Morgan fingerprint density at radius 2 is 2.05 bits per heavy atom. The summed E-state index contributed by atoms with van der Waals surface area (Å²) >= 11 is 0. The molecule has 0 aromatic heterocycles. The van der Waals surface area contributed by atoms with E-state index in [0.717, 1.165) is 0 Å². The Morgan fingerprint density at radius 3 is 2.52 bits per heavy atom. The van der Waals surface area contributed by atoms with E-state index in [2.05, 4.69) is 0 Å². The third-order valence-electron chi connectivity index (χ3n) is 3.71. The number of rotatable bonds is 4. The van der Waals surface area contributed by atoms with E-state index in [4.69, 9.17) is 16.2 Å². The van der Waals surface area contributed by atoms with E-state index in [1.165, 1.54) is 29.6 Å². The van der Waals surface area contributed by atoms with Gasteiger partial charge in [-0.1, -0.05) is 6.92 Å². The second kappa shape index (κ2) is 5.63. The third-order valence-corrected chi connectivity index (χ3v) is 5.54. The second-order valence-electron chi connectivity index (χ2n) is 5.19. The average Bonchev–Trinajstić information content (AvgIpc) is 2.78. The Bertz CT molecular complexity index is 649. The summed E-state index contributed by atoms with van der Waals surface area (Å²) in [6.07, 6.45) is 0. The van der Waals surface area contributed by atoms with Crippen LogP contribution < -0.4 is 16.2 Å². The molecule has 0 radical (unpaired) electrons. The number of nitrogens with two attached hydrogens (primary N) is 2. The highest BCUT2D eigenvalue weighted by Gasteiger charge is 2.35. The number of hydrogen-bond donors (Lipinski definition) is 2. The fourth-order valence-corrected chi connectivity index (χ4v) is 3.94. The topological polar surface area (TPSA) is 116 Å². The van der Waals surface area contributed by atoms with E-state index in [0.29, 0.717) is 6.54 Å². The lowest BCUT2D eigenvalue weighted by Gasteiger charge is -2.17. The van der Waals surface area contributed by atoms with E-state index < -0.39 is 15.9 Å². The molecule has 1 aromatic carbocycles. The molecule has 0 aliphatic carbocycles. The summed E-state index contributed by atoms with van der Waals surface area (Å²) < 4.78 is 31.5. The standard InChI is InChI=1S/C13H19N3O4S/c1-8-6-16(7-11(8)14)21(18,19)9-3-4-12(20-2)10(5-9)13(15)17/h3-5,8,11H,6-7,14H2,1-2H3,(H2,15,17). The van der Waals surface area contributed by atoms with Crippen LogP contribution in [-0.2, 0) is 10.0 Å². The van der Waals surface area contributed by atoms with Gasteiger partial charge in [0.05, 0.1) is 17.6 Å². The van der Waals surface area contributed by atoms with Crippen molar-refractivity contribution in [1.82, 2.24) is 4.31 Å². The van der Waals surface area contributed by atoms with E-state index in [1.807, 2.05) is 6.92 Å². The molecule has 116 valence electrons. The molecule has 1 aromatic rings. The van der Waals surface area contributed by atoms with Gasteiger partial charge in [0.2, 0.25) is 10.0 Å². The summed E-state index contributed by atoms with van der Waals surface area (Å²) in [5.74, 6) is -0.406. The first-order chi connectivity index (χ1) is 9.77. The van der Waals surface area contributed by atoms with E-state index in [1.54, 1.807) is 0 Å². The minimum absolute atomic E-state index is 0.0124. The van der Waals surface area contributed by atoms with Crippen LogP contribution >= 0.6 is 0 Å². The van der Waals surface area contributed by atoms with Crippen molar-refractivity contribution < 1.29 is 17.9 Å². The Kier molecular flexibility index (Phi) is 4.22. The molecule has 21 heavy (non-hydrogen) atoms. The summed E-state index contributed by atoms with van der Waals surface area (Å²) in [4.78, 5) is 11.4. The Morgan fingerprint density at radius 1 is 1.38 bits per heavy atom. The molecule has 1 aliphatic heterocycles. The summed E-state index contributed by atoms with van der Waals surface area (Å²) in [7, 11) is -2.31. The van der Waals surface area contributed by atoms with E-state index in [9.17, 15) is 13.2 Å². The van der Waals surface area contributed by atoms with Crippen molar-refractivity contribution in [2.24, 2.45) is 17.4 Å². The lowest BCUT2D eigenvalue weighted by molar-refractivity contribution is 0.0997. The summed E-state index contributed by atoms with van der Waals surface area (Å²) in [6, 6.07) is 3.88. The van der Waals surface area contributed by atoms with Gasteiger partial charge in [-0.05, 0) is 24.1 Å². The molecule has 1 saturated heterocycles. The number of ether oxygens (including phenoxy) is 1. The fraction of sp³-hybridized carbons (Fsp3) is 0.462. The van der Waals surface area contributed by atoms with Gasteiger partial charge in [-0.3, -0.25) is 4.79 Å². The van der Waals surface area contributed by atoms with Crippen LogP contribution in [0.25, 0.3) is 0 Å². The maximum absolute atomic E-state index is 12.6. The maximum Gasteiger partial charge on any atom is 0.252 e. The van der Waals surface area contributed by atoms with Gasteiger partial charge in [0, 0.05) is 19.1 Å². The predicted octanol–water partition coefficient (Wildman–Crippen LogP) is -0.238. The van der Waals surface area contributed by atoms with Crippen LogP contribution in [0.1, 0.15) is 17.3 Å². The molecule has 4 N–H and O–H groups in total. The number of nitrogens with zero attached hydrogens (tertiary/aromatic N) is 1. The summed E-state index contributed by atoms with van der Waals surface area (Å²) in [5.41, 5.74) is 11.2. The van der Waals surface area contributed by atoms with Crippen LogP contribution in [0, 0.1) is 5.92 Å². The van der Waals surface area contributed by atoms with Crippen LogP contribution in [0.2, 0.25) is 0 Å². The molecule has 8 heteroatoms. The minimum atomic E-state index is -3.70. The predicted molar refractivity (Wildman–Crippen MR) is 77.4 cm³/mol. The molecular weight excluding hydrogens is 294 g/mol. The van der Waals surface area contributed by atoms with E-state index >= 15 is 0 Å². The highest BCUT2D eigenvalue weighted by Crippen LogP contribution is 2.27. The first-order valence-electron chi connectivity index (χ1n) is 6.51. The molecule has 0 saturated carbocycles. The number of methoxy groups -OCH3 is 1. The smallest absolute Gasteiger partial charge is 0.252 e. The largest absolute Gasteiger partial charge is 0.496 e. The van der Waals surface area contributed by atoms with Crippen molar-refractivity contribution in [3.8, 4) is 5.75 Å². The van der Waals surface area contributed by atoms with Gasteiger partial charge in [-0.2, -0.15) is 4.31 Å². The number of primary amides is 1. The molecule has 0 spiro atoms. The Balaban J connectivity index is 2.42. The number of carbonyl (C=O) groups excluding carboxylic acids is 1. The number of benzene rings is 1. The third kappa shape index (κ3) is 2.87. The Labute approximate surface area is 123 Å². The van der Waals surface area contributed by atoms with Crippen molar-refractivity contribution in [1.29, 1.82) is 0 Å². The zero-order valence-electron chi connectivity index (χ0n) is 11.9. The van der Waals surface area contributed by atoms with Gasteiger partial charge >= 0.3 is 0 Å². The lowest BCUT2D eigenvalue weighted by Crippen LogP contribution is -2.32. The summed E-state index contributed by atoms with van der Waals surface area (Å²) in [5, 5.41) is 0. The van der Waals surface area contributed by atoms with Crippen LogP contribution in [0.5, 0.6) is 5.75 Å². The van der Waals surface area contributed by atoms with Gasteiger partial charge in [-0.15, -0.1) is 0 Å². The van der Waals surface area contributed by atoms with Crippen molar-refractivity contribution in [2.45, 2.75) is 17.9 Å². The zero-order chi connectivity index (χ0) is 15.8. The zero-order valence-corrected chi connectivity index (χ0v) is 12.8. The highest BCUT2D eigenvalue weighted by atomic mass is 32.2. The molecule has 1 heterocycles. The first kappa shape index (κ1) is 15.7. The molecule has 2 unspecified atom stereocenters. The van der Waals surface area contributed by atoms with Crippen LogP contribution in [0.3, 0.4) is 0 Å². The maximum atomic E-state index is 12.6. The second-order valence-corrected chi connectivity index (χ2v) is 7.13. The van der Waals surface area contributed by atoms with Crippen LogP contribution in [0.4, 0.5) is 0 Å². The molecule has 1 aliphatic rings. The normalized spacial score (nSPS) is 23.2. The number of carbonyl (C=O) groups is 1. The molecule has 0 bridgehead atoms. The summed E-state index contributed by atoms with van der Waals surface area (Å²) in [6.45, 7) is 2.53. The van der Waals surface area contributed by atoms with Crippen molar-refractivity contribution >= 4 is 15.9 Å². The van der Waals surface area contributed by atoms with Crippen molar-refractivity contribution in [3.05, 3.63) is 23.8 Å². The van der Waals surface area contributed by atoms with Crippen molar-refractivity contribution in [3.63, 3.8) is 0 Å². The van der Waals surface area contributed by atoms with Gasteiger partial charge in [0.15, 0.2) is 0 Å². The van der Waals surface area contributed by atoms with Crippen molar-refractivity contribution in [2.75, 3.05) is 20.2 Å². The number of amides is 1. The van der Waals surface area contributed by atoms with Gasteiger partial charge in [0.25, 0.3) is 5.91 Å². The van der Waals surface area contributed by atoms with Gasteiger partial charge < -0.3 is 16.2 Å². The first-order valence-corrected chi connectivity index (χ1v) is 7.95. The van der Waals surface area contributed by atoms with Gasteiger partial charge in [-0.25, -0.2) is 8.42 Å². The van der Waals surface area contributed by atoms with Gasteiger partial charge in [0.1, 0.15) is 5.75 Å². The monoisotopic (exact) mass is 313 g/mol. The Hall–Kier alpha value is -1.64. The lowest BCUT2D eigenvalue weighted by atomic mass is 10.1. The highest BCUT2D eigenvalue weighted by molar-refractivity contribution is 7.89. The molecule has 1 fully saturated rings. The number of sulfonamides is 1. The average molecular weight is 313 g/mol.